The van der Waals surface area contributed by atoms with Crippen LogP contribution in [0, 0.1) is 6.92 Å². The lowest BCUT2D eigenvalue weighted by atomic mass is 10.2. The molecule has 1 amide bonds. The molecule has 0 atom stereocenters. The molecule has 136 valence electrons. The molecule has 0 spiro atoms. The van der Waals surface area contributed by atoms with Crippen LogP contribution in [0.1, 0.15) is 5.82 Å². The van der Waals surface area contributed by atoms with E-state index in [1.54, 1.807) is 0 Å². The van der Waals surface area contributed by atoms with Crippen molar-refractivity contribution >= 4 is 34.1 Å². The van der Waals surface area contributed by atoms with E-state index in [1.807, 2.05) is 76.5 Å². The van der Waals surface area contributed by atoms with Gasteiger partial charge in [0, 0.05) is 23.3 Å². The molecule has 1 aromatic carbocycles. The third-order valence-electron chi connectivity index (χ3n) is 3.74. The van der Waals surface area contributed by atoms with Crippen molar-refractivity contribution in [2.75, 3.05) is 11.1 Å². The lowest BCUT2D eigenvalue weighted by molar-refractivity contribution is -0.113. The van der Waals surface area contributed by atoms with Crippen LogP contribution in [0.15, 0.2) is 65.4 Å². The van der Waals surface area contributed by atoms with E-state index in [0.29, 0.717) is 10.3 Å². The monoisotopic (exact) mass is 396 g/mol. The first kappa shape index (κ1) is 17.5. The average molecular weight is 397 g/mol. The zero-order valence-corrected chi connectivity index (χ0v) is 16.1. The third-order valence-corrected chi connectivity index (χ3v) is 5.42. The van der Waals surface area contributed by atoms with Crippen LogP contribution in [0.25, 0.3) is 11.3 Å². The summed E-state index contributed by atoms with van der Waals surface area (Å²) in [5, 5.41) is 14.3. The van der Waals surface area contributed by atoms with E-state index in [0.717, 1.165) is 17.1 Å². The van der Waals surface area contributed by atoms with Gasteiger partial charge < -0.3 is 5.32 Å². The van der Waals surface area contributed by atoms with E-state index in [9.17, 15) is 4.79 Å². The lowest BCUT2D eigenvalue weighted by Crippen LogP contribution is -2.15. The molecule has 3 aromatic heterocycles. The lowest BCUT2D eigenvalue weighted by Gasteiger charge is -2.08. The highest BCUT2D eigenvalue weighted by Gasteiger charge is 2.14. The minimum atomic E-state index is -0.131. The maximum Gasteiger partial charge on any atom is 0.236 e. The summed E-state index contributed by atoms with van der Waals surface area (Å²) >= 11 is 2.74. The Morgan fingerprint density at radius 2 is 1.93 bits per heavy atom. The normalized spacial score (nSPS) is 10.9. The van der Waals surface area contributed by atoms with Gasteiger partial charge in [0.2, 0.25) is 11.1 Å². The Morgan fingerprint density at radius 1 is 1.15 bits per heavy atom. The summed E-state index contributed by atoms with van der Waals surface area (Å²) in [6.45, 7) is 1.87. The maximum atomic E-state index is 12.3. The fraction of sp³-hybridized carbons (Fsp3) is 0.111. The molecule has 0 radical (unpaired) electrons. The predicted octanol–water partition coefficient (Wildman–Crippen LogP) is 3.55. The van der Waals surface area contributed by atoms with E-state index in [2.05, 4.69) is 20.5 Å². The van der Waals surface area contributed by atoms with E-state index in [-0.39, 0.29) is 11.7 Å². The number of hydrogen-bond acceptors (Lipinski definition) is 6. The Bertz CT molecular complexity index is 1040. The van der Waals surface area contributed by atoms with Gasteiger partial charge in [0.1, 0.15) is 0 Å². The molecule has 3 heterocycles. The number of hydrogen-bond donors (Lipinski definition) is 1. The zero-order valence-electron chi connectivity index (χ0n) is 14.4. The number of anilines is 1. The van der Waals surface area contributed by atoms with Gasteiger partial charge in [0.15, 0.2) is 11.0 Å². The smallest absolute Gasteiger partial charge is 0.236 e. The molecule has 4 rings (SSSR count). The molecule has 1 N–H and O–H groups in total. The SMILES string of the molecule is Cc1nnc(SCC(=O)Nc2nc(-c3ccccc3)cs2)n1-n1cccc1. The molecule has 0 unspecified atom stereocenters. The highest BCUT2D eigenvalue weighted by molar-refractivity contribution is 7.99. The molecule has 9 heteroatoms. The van der Waals surface area contributed by atoms with Gasteiger partial charge in [0.25, 0.3) is 0 Å². The van der Waals surface area contributed by atoms with Crippen LogP contribution in [-0.4, -0.2) is 36.2 Å². The number of nitrogens with zero attached hydrogens (tertiary/aromatic N) is 5. The van der Waals surface area contributed by atoms with Gasteiger partial charge in [-0.25, -0.2) is 9.66 Å². The maximum absolute atomic E-state index is 12.3. The van der Waals surface area contributed by atoms with Gasteiger partial charge in [-0.1, -0.05) is 42.1 Å². The fourth-order valence-electron chi connectivity index (χ4n) is 2.51. The standard InChI is InChI=1S/C18H16N6OS2/c1-13-21-22-18(24(13)23-9-5-6-10-23)27-12-16(25)20-17-19-15(11-26-17)14-7-3-2-4-8-14/h2-11H,12H2,1H3,(H,19,20,25). The Kier molecular flexibility index (Phi) is 5.03. The fourth-order valence-corrected chi connectivity index (χ4v) is 4.03. The Balaban J connectivity index is 1.39. The van der Waals surface area contributed by atoms with Crippen LogP contribution in [-0.2, 0) is 4.79 Å². The quantitative estimate of drug-likeness (QED) is 0.504. The second-order valence-electron chi connectivity index (χ2n) is 5.65. The summed E-state index contributed by atoms with van der Waals surface area (Å²) in [6, 6.07) is 13.7. The molecule has 0 aliphatic heterocycles. The summed E-state index contributed by atoms with van der Waals surface area (Å²) in [5.74, 6) is 0.842. The second-order valence-corrected chi connectivity index (χ2v) is 7.45. The summed E-state index contributed by atoms with van der Waals surface area (Å²) in [7, 11) is 0. The number of thiazole rings is 1. The van der Waals surface area contributed by atoms with Crippen LogP contribution < -0.4 is 5.32 Å². The van der Waals surface area contributed by atoms with Crippen molar-refractivity contribution in [2.45, 2.75) is 12.1 Å². The Labute approximate surface area is 164 Å². The number of carbonyl (C=O) groups is 1. The van der Waals surface area contributed by atoms with Gasteiger partial charge in [0.05, 0.1) is 11.4 Å². The molecule has 0 saturated carbocycles. The highest BCUT2D eigenvalue weighted by Crippen LogP contribution is 2.25. The zero-order chi connectivity index (χ0) is 18.6. The number of carbonyl (C=O) groups excluding carboxylic acids is 1. The van der Waals surface area contributed by atoms with Gasteiger partial charge in [-0.2, -0.15) is 0 Å². The molecule has 27 heavy (non-hydrogen) atoms. The minimum absolute atomic E-state index is 0.131. The molecule has 4 aromatic rings. The van der Waals surface area contributed by atoms with Crippen molar-refractivity contribution in [2.24, 2.45) is 0 Å². The third kappa shape index (κ3) is 3.93. The van der Waals surface area contributed by atoms with E-state index in [4.69, 9.17) is 0 Å². The number of aryl methyl sites for hydroxylation is 1. The first-order valence-electron chi connectivity index (χ1n) is 8.20. The summed E-state index contributed by atoms with van der Waals surface area (Å²) in [5.41, 5.74) is 1.88. The molecule has 7 nitrogen and oxygen atoms in total. The number of nitrogens with one attached hydrogen (secondary N) is 1. The number of aromatic nitrogens is 5. The van der Waals surface area contributed by atoms with Crippen molar-refractivity contribution in [3.8, 4) is 11.3 Å². The molecule has 0 aliphatic rings. The van der Waals surface area contributed by atoms with Crippen LogP contribution >= 0.6 is 23.1 Å². The van der Waals surface area contributed by atoms with Gasteiger partial charge in [-0.15, -0.1) is 21.5 Å². The van der Waals surface area contributed by atoms with Crippen LogP contribution in [0.4, 0.5) is 5.13 Å². The topological polar surface area (TPSA) is 77.6 Å². The van der Waals surface area contributed by atoms with Gasteiger partial charge in [-0.05, 0) is 19.1 Å². The number of benzene rings is 1. The van der Waals surface area contributed by atoms with Crippen molar-refractivity contribution < 1.29 is 4.79 Å². The molecular formula is C18H16N6OS2. The summed E-state index contributed by atoms with van der Waals surface area (Å²) in [4.78, 5) is 16.8. The highest BCUT2D eigenvalue weighted by atomic mass is 32.2. The number of rotatable bonds is 6. The number of thioether (sulfide) groups is 1. The van der Waals surface area contributed by atoms with Crippen LogP contribution in [0.3, 0.4) is 0 Å². The predicted molar refractivity (Wildman–Crippen MR) is 107 cm³/mol. The largest absolute Gasteiger partial charge is 0.301 e. The first-order chi connectivity index (χ1) is 13.2. The average Bonchev–Trinajstić information content (AvgIpc) is 3.42. The van der Waals surface area contributed by atoms with Crippen LogP contribution in [0.5, 0.6) is 0 Å². The minimum Gasteiger partial charge on any atom is -0.301 e. The molecular weight excluding hydrogens is 380 g/mol. The van der Waals surface area contributed by atoms with Gasteiger partial charge in [-0.3, -0.25) is 9.47 Å². The summed E-state index contributed by atoms with van der Waals surface area (Å²) in [6.07, 6.45) is 3.81. The van der Waals surface area contributed by atoms with E-state index < -0.39 is 0 Å². The van der Waals surface area contributed by atoms with Crippen molar-refractivity contribution in [1.29, 1.82) is 0 Å². The molecule has 0 aliphatic carbocycles. The Hall–Kier alpha value is -2.91. The molecule has 0 saturated heterocycles. The van der Waals surface area contributed by atoms with E-state index in [1.165, 1.54) is 23.1 Å². The van der Waals surface area contributed by atoms with Crippen molar-refractivity contribution in [1.82, 2.24) is 24.5 Å². The molecule has 0 fully saturated rings. The van der Waals surface area contributed by atoms with Gasteiger partial charge >= 0.3 is 0 Å². The molecule has 0 bridgehead atoms. The van der Waals surface area contributed by atoms with E-state index >= 15 is 0 Å². The number of amides is 1. The van der Waals surface area contributed by atoms with Crippen molar-refractivity contribution in [3.05, 3.63) is 66.1 Å². The first-order valence-corrected chi connectivity index (χ1v) is 10.1. The summed E-state index contributed by atoms with van der Waals surface area (Å²) < 4.78 is 3.73. The van der Waals surface area contributed by atoms with Crippen molar-refractivity contribution in [3.63, 3.8) is 0 Å². The Morgan fingerprint density at radius 3 is 2.70 bits per heavy atom. The van der Waals surface area contributed by atoms with Crippen LogP contribution in [0.2, 0.25) is 0 Å². The second kappa shape index (κ2) is 7.77.